The number of halogens is 2. The van der Waals surface area contributed by atoms with E-state index in [0.29, 0.717) is 5.56 Å². The molecule has 1 amide bonds. The molecule has 0 bridgehead atoms. The monoisotopic (exact) mass is 274 g/mol. The van der Waals surface area contributed by atoms with E-state index in [0.717, 1.165) is 6.07 Å². The summed E-state index contributed by atoms with van der Waals surface area (Å²) in [5, 5.41) is 21.6. The summed E-state index contributed by atoms with van der Waals surface area (Å²) in [5.74, 6) is -0.880. The SMILES string of the molecule is Cc1ccc([N+](=O)[O-])c(C(=O)NCC(O)C(F)F)c1. The molecule has 0 aliphatic carbocycles. The summed E-state index contributed by atoms with van der Waals surface area (Å²) in [7, 11) is 0. The van der Waals surface area contributed by atoms with Gasteiger partial charge in [0, 0.05) is 12.6 Å². The van der Waals surface area contributed by atoms with Gasteiger partial charge in [-0.1, -0.05) is 6.07 Å². The highest BCUT2D eigenvalue weighted by molar-refractivity contribution is 5.98. The number of nitro groups is 1. The lowest BCUT2D eigenvalue weighted by Crippen LogP contribution is -2.36. The first-order valence-corrected chi connectivity index (χ1v) is 5.32. The fraction of sp³-hybridized carbons (Fsp3) is 0.364. The zero-order valence-electron chi connectivity index (χ0n) is 9.97. The van der Waals surface area contributed by atoms with Crippen molar-refractivity contribution in [1.29, 1.82) is 0 Å². The largest absolute Gasteiger partial charge is 0.385 e. The van der Waals surface area contributed by atoms with Crippen molar-refractivity contribution in [1.82, 2.24) is 5.32 Å². The Morgan fingerprint density at radius 2 is 2.16 bits per heavy atom. The van der Waals surface area contributed by atoms with E-state index < -0.39 is 35.6 Å². The van der Waals surface area contributed by atoms with Gasteiger partial charge >= 0.3 is 0 Å². The third kappa shape index (κ3) is 3.95. The molecule has 0 aliphatic rings. The number of hydrogen-bond acceptors (Lipinski definition) is 4. The first-order chi connectivity index (χ1) is 8.82. The third-order valence-corrected chi connectivity index (χ3v) is 2.36. The number of carbonyl (C=O) groups excluding carboxylic acids is 1. The van der Waals surface area contributed by atoms with E-state index in [9.17, 15) is 23.7 Å². The molecule has 104 valence electrons. The number of nitrogens with zero attached hydrogens (tertiary/aromatic N) is 1. The molecule has 6 nitrogen and oxygen atoms in total. The minimum atomic E-state index is -2.99. The van der Waals surface area contributed by atoms with Crippen LogP contribution in [0.15, 0.2) is 18.2 Å². The lowest BCUT2D eigenvalue weighted by atomic mass is 10.1. The number of rotatable bonds is 5. The molecule has 1 atom stereocenters. The zero-order valence-corrected chi connectivity index (χ0v) is 9.97. The minimum Gasteiger partial charge on any atom is -0.385 e. The average molecular weight is 274 g/mol. The Morgan fingerprint density at radius 3 is 2.68 bits per heavy atom. The summed E-state index contributed by atoms with van der Waals surface area (Å²) < 4.78 is 24.1. The number of aliphatic hydroxyl groups excluding tert-OH is 1. The topological polar surface area (TPSA) is 92.5 Å². The predicted octanol–water partition coefficient (Wildman–Crippen LogP) is 1.26. The number of nitro benzene ring substituents is 1. The predicted molar refractivity (Wildman–Crippen MR) is 62.2 cm³/mol. The van der Waals surface area contributed by atoms with Crippen LogP contribution in [0.25, 0.3) is 0 Å². The summed E-state index contributed by atoms with van der Waals surface area (Å²) >= 11 is 0. The summed E-state index contributed by atoms with van der Waals surface area (Å²) in [6, 6.07) is 3.90. The molecule has 19 heavy (non-hydrogen) atoms. The van der Waals surface area contributed by atoms with Crippen LogP contribution in [0.5, 0.6) is 0 Å². The van der Waals surface area contributed by atoms with Crippen molar-refractivity contribution in [2.45, 2.75) is 19.5 Å². The van der Waals surface area contributed by atoms with Crippen LogP contribution < -0.4 is 5.32 Å². The number of aryl methyl sites for hydroxylation is 1. The van der Waals surface area contributed by atoms with Gasteiger partial charge in [-0.05, 0) is 18.6 Å². The summed E-state index contributed by atoms with van der Waals surface area (Å²) in [6.45, 7) is 0.954. The highest BCUT2D eigenvalue weighted by atomic mass is 19.3. The quantitative estimate of drug-likeness (QED) is 0.624. The van der Waals surface area contributed by atoms with Crippen LogP contribution in [0.2, 0.25) is 0 Å². The Labute approximate surface area is 107 Å². The van der Waals surface area contributed by atoms with Crippen LogP contribution in [0.1, 0.15) is 15.9 Å². The highest BCUT2D eigenvalue weighted by Gasteiger charge is 2.22. The van der Waals surface area contributed by atoms with Crippen molar-refractivity contribution in [2.24, 2.45) is 0 Å². The van der Waals surface area contributed by atoms with E-state index in [1.807, 2.05) is 5.32 Å². The number of alkyl halides is 2. The van der Waals surface area contributed by atoms with Crippen LogP contribution in [0, 0.1) is 17.0 Å². The van der Waals surface area contributed by atoms with Crippen molar-refractivity contribution >= 4 is 11.6 Å². The van der Waals surface area contributed by atoms with Gasteiger partial charge in [0.05, 0.1) is 4.92 Å². The van der Waals surface area contributed by atoms with E-state index in [-0.39, 0.29) is 5.56 Å². The van der Waals surface area contributed by atoms with Gasteiger partial charge in [0.15, 0.2) is 0 Å². The number of nitrogens with one attached hydrogen (secondary N) is 1. The Kier molecular flexibility index (Phi) is 4.87. The number of benzene rings is 1. The van der Waals surface area contributed by atoms with Gasteiger partial charge in [-0.15, -0.1) is 0 Å². The zero-order chi connectivity index (χ0) is 14.6. The fourth-order valence-corrected chi connectivity index (χ4v) is 1.37. The Balaban J connectivity index is 2.87. The maximum absolute atomic E-state index is 12.0. The average Bonchev–Trinajstić information content (AvgIpc) is 2.34. The van der Waals surface area contributed by atoms with Crippen LogP contribution in [-0.2, 0) is 0 Å². The molecule has 0 saturated heterocycles. The van der Waals surface area contributed by atoms with Gasteiger partial charge in [0.1, 0.15) is 11.7 Å². The summed E-state index contributed by atoms with van der Waals surface area (Å²) in [6.07, 6.45) is -5.00. The third-order valence-electron chi connectivity index (χ3n) is 2.36. The van der Waals surface area contributed by atoms with Gasteiger partial charge < -0.3 is 10.4 Å². The molecule has 1 aromatic rings. The van der Waals surface area contributed by atoms with Crippen LogP contribution in [0.4, 0.5) is 14.5 Å². The molecule has 0 aliphatic heterocycles. The van der Waals surface area contributed by atoms with Gasteiger partial charge in [-0.3, -0.25) is 14.9 Å². The van der Waals surface area contributed by atoms with Gasteiger partial charge in [-0.2, -0.15) is 0 Å². The smallest absolute Gasteiger partial charge is 0.282 e. The Morgan fingerprint density at radius 1 is 1.53 bits per heavy atom. The molecule has 2 N–H and O–H groups in total. The van der Waals surface area contributed by atoms with Gasteiger partial charge in [0.25, 0.3) is 18.0 Å². The summed E-state index contributed by atoms with van der Waals surface area (Å²) in [4.78, 5) is 21.7. The first kappa shape index (κ1) is 15.0. The maximum Gasteiger partial charge on any atom is 0.282 e. The maximum atomic E-state index is 12.0. The Hall–Kier alpha value is -2.09. The molecule has 0 fully saturated rings. The van der Waals surface area contributed by atoms with Crippen molar-refractivity contribution in [3.63, 3.8) is 0 Å². The molecule has 0 saturated carbocycles. The van der Waals surface area contributed by atoms with E-state index in [2.05, 4.69) is 0 Å². The minimum absolute atomic E-state index is 0.230. The van der Waals surface area contributed by atoms with E-state index in [4.69, 9.17) is 5.11 Å². The second kappa shape index (κ2) is 6.19. The van der Waals surface area contributed by atoms with E-state index >= 15 is 0 Å². The highest BCUT2D eigenvalue weighted by Crippen LogP contribution is 2.19. The molecule has 1 unspecified atom stereocenters. The molecule has 0 aromatic heterocycles. The standard InChI is InChI=1S/C11H12F2N2O4/c1-6-2-3-8(15(18)19)7(4-6)11(17)14-5-9(16)10(12)13/h2-4,9-10,16H,5H2,1H3,(H,14,17). The Bertz CT molecular complexity index is 494. The van der Waals surface area contributed by atoms with Crippen LogP contribution in [-0.4, -0.2) is 35.0 Å². The van der Waals surface area contributed by atoms with E-state index in [1.54, 1.807) is 6.92 Å². The van der Waals surface area contributed by atoms with Crippen LogP contribution in [0.3, 0.4) is 0 Å². The second-order valence-electron chi connectivity index (χ2n) is 3.89. The van der Waals surface area contributed by atoms with Gasteiger partial charge in [-0.25, -0.2) is 8.78 Å². The molecular weight excluding hydrogens is 262 g/mol. The lowest BCUT2D eigenvalue weighted by Gasteiger charge is -2.11. The normalized spacial score (nSPS) is 12.3. The molecule has 1 rings (SSSR count). The second-order valence-corrected chi connectivity index (χ2v) is 3.89. The number of carbonyl (C=O) groups is 1. The molecule has 0 radical (unpaired) electrons. The fourth-order valence-electron chi connectivity index (χ4n) is 1.37. The number of hydrogen-bond donors (Lipinski definition) is 2. The lowest BCUT2D eigenvalue weighted by molar-refractivity contribution is -0.385. The number of amides is 1. The van der Waals surface area contributed by atoms with Gasteiger partial charge in [0.2, 0.25) is 0 Å². The molecule has 8 heteroatoms. The van der Waals surface area contributed by atoms with Crippen molar-refractivity contribution in [2.75, 3.05) is 6.54 Å². The molecule has 0 spiro atoms. The van der Waals surface area contributed by atoms with Crippen molar-refractivity contribution < 1.29 is 23.6 Å². The number of aliphatic hydroxyl groups is 1. The van der Waals surface area contributed by atoms with Crippen molar-refractivity contribution in [3.8, 4) is 0 Å². The molecule has 0 heterocycles. The molecular formula is C11H12F2N2O4. The van der Waals surface area contributed by atoms with Crippen molar-refractivity contribution in [3.05, 3.63) is 39.4 Å². The van der Waals surface area contributed by atoms with E-state index in [1.165, 1.54) is 12.1 Å². The first-order valence-electron chi connectivity index (χ1n) is 5.32. The molecule has 1 aromatic carbocycles. The summed E-state index contributed by atoms with van der Waals surface area (Å²) in [5.41, 5.74) is -0.0359. The van der Waals surface area contributed by atoms with Crippen LogP contribution >= 0.6 is 0 Å².